The predicted molar refractivity (Wildman–Crippen MR) is 40.0 cm³/mol. The van der Waals surface area contributed by atoms with Crippen LogP contribution in [0.2, 0.25) is 0 Å². The molecule has 1 heterocycles. The van der Waals surface area contributed by atoms with Crippen molar-refractivity contribution in [1.29, 1.82) is 0 Å². The van der Waals surface area contributed by atoms with Crippen LogP contribution >= 0.6 is 0 Å². The number of nitrogens with two attached hydrogens (primary N) is 1. The third-order valence-electron chi connectivity index (χ3n) is 1.70. The van der Waals surface area contributed by atoms with Gasteiger partial charge >= 0.3 is 0 Å². The molecule has 0 bridgehead atoms. The summed E-state index contributed by atoms with van der Waals surface area (Å²) in [6.45, 7) is 4.27. The first-order valence-electron chi connectivity index (χ1n) is 3.75. The topological polar surface area (TPSA) is 64.7 Å². The van der Waals surface area contributed by atoms with E-state index in [1.165, 1.54) is 0 Å². The van der Waals surface area contributed by atoms with Crippen LogP contribution in [0.1, 0.15) is 13.8 Å². The highest BCUT2D eigenvalue weighted by Crippen LogP contribution is 2.23. The maximum Gasteiger partial charge on any atom is 0.163 e. The van der Waals surface area contributed by atoms with Crippen molar-refractivity contribution in [2.45, 2.75) is 31.8 Å². The van der Waals surface area contributed by atoms with Crippen LogP contribution in [-0.4, -0.2) is 36.3 Å². The van der Waals surface area contributed by atoms with Crippen LogP contribution < -0.4 is 5.73 Å². The van der Waals surface area contributed by atoms with E-state index in [2.05, 4.69) is 0 Å². The van der Waals surface area contributed by atoms with Gasteiger partial charge in [0.05, 0.1) is 12.7 Å². The van der Waals surface area contributed by atoms with Crippen molar-refractivity contribution in [3.8, 4) is 0 Å². The minimum atomic E-state index is -0.614. The Balaban J connectivity index is 2.41. The van der Waals surface area contributed by atoms with E-state index >= 15 is 0 Å². The highest BCUT2D eigenvalue weighted by atomic mass is 16.7. The Morgan fingerprint density at radius 3 is 2.73 bits per heavy atom. The molecule has 0 aliphatic carbocycles. The molecule has 3 N–H and O–H groups in total. The van der Waals surface area contributed by atoms with E-state index in [0.717, 1.165) is 0 Å². The van der Waals surface area contributed by atoms with Gasteiger partial charge in [-0.05, 0) is 13.8 Å². The molecule has 11 heavy (non-hydrogen) atoms. The molecular weight excluding hydrogens is 146 g/mol. The number of hydrogen-bond donors (Lipinski definition) is 2. The summed E-state index contributed by atoms with van der Waals surface area (Å²) in [7, 11) is 0. The summed E-state index contributed by atoms with van der Waals surface area (Å²) in [5, 5.41) is 9.26. The molecule has 0 aromatic carbocycles. The fraction of sp³-hybridized carbons (Fsp3) is 1.00. The first-order chi connectivity index (χ1) is 5.05. The zero-order valence-electron chi connectivity index (χ0n) is 6.91. The molecule has 1 saturated heterocycles. The molecular formula is C7H15NO3. The van der Waals surface area contributed by atoms with E-state index < -0.39 is 11.9 Å². The highest BCUT2D eigenvalue weighted by molar-refractivity contribution is 4.77. The third-order valence-corrected chi connectivity index (χ3v) is 1.70. The Bertz CT molecular complexity index is 138. The fourth-order valence-electron chi connectivity index (χ4n) is 1.06. The van der Waals surface area contributed by atoms with Crippen LogP contribution in [0, 0.1) is 0 Å². The number of ether oxygens (including phenoxy) is 2. The molecule has 0 aromatic heterocycles. The molecule has 66 valence electrons. The van der Waals surface area contributed by atoms with E-state index in [-0.39, 0.29) is 12.6 Å². The van der Waals surface area contributed by atoms with Crippen molar-refractivity contribution in [2.24, 2.45) is 5.73 Å². The van der Waals surface area contributed by atoms with Gasteiger partial charge in [-0.15, -0.1) is 0 Å². The number of hydrogen-bond acceptors (Lipinski definition) is 4. The van der Waals surface area contributed by atoms with Gasteiger partial charge in [0.2, 0.25) is 0 Å². The number of aliphatic hydroxyl groups excluding tert-OH is 1. The molecule has 0 saturated carbocycles. The summed E-state index contributed by atoms with van der Waals surface area (Å²) >= 11 is 0. The van der Waals surface area contributed by atoms with Gasteiger partial charge in [0.1, 0.15) is 6.10 Å². The zero-order chi connectivity index (χ0) is 8.48. The molecule has 2 unspecified atom stereocenters. The first-order valence-corrected chi connectivity index (χ1v) is 3.75. The van der Waals surface area contributed by atoms with Crippen molar-refractivity contribution in [3.63, 3.8) is 0 Å². The van der Waals surface area contributed by atoms with Crippen LogP contribution in [0.4, 0.5) is 0 Å². The van der Waals surface area contributed by atoms with Gasteiger partial charge in [-0.25, -0.2) is 0 Å². The summed E-state index contributed by atoms with van der Waals surface area (Å²) in [5.74, 6) is -0.569. The van der Waals surface area contributed by atoms with Gasteiger partial charge in [-0.3, -0.25) is 0 Å². The lowest BCUT2D eigenvalue weighted by atomic mass is 10.2. The van der Waals surface area contributed by atoms with Crippen molar-refractivity contribution in [1.82, 2.24) is 0 Å². The van der Waals surface area contributed by atoms with Crippen molar-refractivity contribution < 1.29 is 14.6 Å². The third kappa shape index (κ3) is 2.13. The first kappa shape index (κ1) is 8.93. The zero-order valence-corrected chi connectivity index (χ0v) is 6.91. The number of rotatable bonds is 2. The fourth-order valence-corrected chi connectivity index (χ4v) is 1.06. The maximum atomic E-state index is 9.26. The molecule has 0 radical (unpaired) electrons. The second-order valence-corrected chi connectivity index (χ2v) is 3.17. The van der Waals surface area contributed by atoms with Gasteiger partial charge in [0.15, 0.2) is 5.79 Å². The van der Waals surface area contributed by atoms with Crippen molar-refractivity contribution in [2.75, 3.05) is 13.2 Å². The Morgan fingerprint density at radius 1 is 1.73 bits per heavy atom. The lowest BCUT2D eigenvalue weighted by Crippen LogP contribution is -2.36. The van der Waals surface area contributed by atoms with Gasteiger partial charge in [0.25, 0.3) is 0 Å². The Hall–Kier alpha value is -0.160. The monoisotopic (exact) mass is 161 g/mol. The van der Waals surface area contributed by atoms with E-state index in [1.54, 1.807) is 0 Å². The molecule has 2 atom stereocenters. The average Bonchev–Trinajstić information content (AvgIpc) is 2.29. The normalized spacial score (nSPS) is 32.2. The summed E-state index contributed by atoms with van der Waals surface area (Å²) in [6.07, 6.45) is -0.883. The van der Waals surface area contributed by atoms with E-state index in [4.69, 9.17) is 15.2 Å². The summed E-state index contributed by atoms with van der Waals surface area (Å²) in [4.78, 5) is 0. The van der Waals surface area contributed by atoms with Crippen LogP contribution in [0.15, 0.2) is 0 Å². The molecule has 1 rings (SSSR count). The van der Waals surface area contributed by atoms with Crippen molar-refractivity contribution >= 4 is 0 Å². The molecule has 0 amide bonds. The van der Waals surface area contributed by atoms with Gasteiger partial charge in [0, 0.05) is 6.54 Å². The Kier molecular flexibility index (Phi) is 2.49. The summed E-state index contributed by atoms with van der Waals surface area (Å²) in [5.41, 5.74) is 5.25. The van der Waals surface area contributed by atoms with E-state index in [9.17, 15) is 5.11 Å². The van der Waals surface area contributed by atoms with E-state index in [1.807, 2.05) is 13.8 Å². The smallest absolute Gasteiger partial charge is 0.163 e. The van der Waals surface area contributed by atoms with Crippen LogP contribution in [0.25, 0.3) is 0 Å². The van der Waals surface area contributed by atoms with Gasteiger partial charge in [-0.1, -0.05) is 0 Å². The Morgan fingerprint density at radius 2 is 2.36 bits per heavy atom. The summed E-state index contributed by atoms with van der Waals surface area (Å²) < 4.78 is 10.6. The molecule has 0 aromatic rings. The molecule has 4 nitrogen and oxygen atoms in total. The molecule has 1 fully saturated rings. The predicted octanol–water partition coefficient (Wildman–Crippen LogP) is -0.542. The SMILES string of the molecule is CC1(C)OCC(C(O)CN)O1. The minimum absolute atomic E-state index is 0.212. The maximum absolute atomic E-state index is 9.26. The number of aliphatic hydroxyl groups is 1. The van der Waals surface area contributed by atoms with Crippen LogP contribution in [0.3, 0.4) is 0 Å². The molecule has 0 spiro atoms. The van der Waals surface area contributed by atoms with Crippen molar-refractivity contribution in [3.05, 3.63) is 0 Å². The largest absolute Gasteiger partial charge is 0.389 e. The van der Waals surface area contributed by atoms with Crippen LogP contribution in [-0.2, 0) is 9.47 Å². The van der Waals surface area contributed by atoms with Gasteiger partial charge in [-0.2, -0.15) is 0 Å². The molecule has 1 aliphatic heterocycles. The highest BCUT2D eigenvalue weighted by Gasteiger charge is 2.35. The molecule has 1 aliphatic rings. The standard InChI is InChI=1S/C7H15NO3/c1-7(2)10-4-6(11-7)5(9)3-8/h5-6,9H,3-4,8H2,1-2H3. The quantitative estimate of drug-likeness (QED) is 0.570. The molecule has 4 heteroatoms. The second-order valence-electron chi connectivity index (χ2n) is 3.17. The lowest BCUT2D eigenvalue weighted by Gasteiger charge is -2.19. The summed E-state index contributed by atoms with van der Waals surface area (Å²) in [6, 6.07) is 0. The van der Waals surface area contributed by atoms with Gasteiger partial charge < -0.3 is 20.3 Å². The lowest BCUT2D eigenvalue weighted by molar-refractivity contribution is -0.150. The minimum Gasteiger partial charge on any atom is -0.389 e. The average molecular weight is 161 g/mol. The van der Waals surface area contributed by atoms with Crippen LogP contribution in [0.5, 0.6) is 0 Å². The van der Waals surface area contributed by atoms with E-state index in [0.29, 0.717) is 6.61 Å². The Labute approximate surface area is 66.3 Å². The second kappa shape index (κ2) is 3.06.